The van der Waals surface area contributed by atoms with E-state index >= 15 is 0 Å². The number of hydrogen-bond donors (Lipinski definition) is 1. The monoisotopic (exact) mass is 395 g/mol. The van der Waals surface area contributed by atoms with Crippen LogP contribution in [0.2, 0.25) is 0 Å². The van der Waals surface area contributed by atoms with Crippen LogP contribution in [-0.4, -0.2) is 63.8 Å². The maximum absolute atomic E-state index is 13.1. The number of hydrogen-bond acceptors (Lipinski definition) is 4. The van der Waals surface area contributed by atoms with Crippen LogP contribution in [0.15, 0.2) is 16.9 Å². The summed E-state index contributed by atoms with van der Waals surface area (Å²) in [6.45, 7) is 5.46. The molecule has 152 valence electrons. The minimum Gasteiger partial charge on any atom is -0.304 e. The van der Waals surface area contributed by atoms with Crippen molar-refractivity contribution in [3.05, 3.63) is 45.0 Å². The van der Waals surface area contributed by atoms with Gasteiger partial charge in [-0.15, -0.1) is 0 Å². The van der Waals surface area contributed by atoms with Gasteiger partial charge in [-0.2, -0.15) is 13.2 Å². The molecule has 3 heterocycles. The Kier molecular flexibility index (Phi) is 4.83. The van der Waals surface area contributed by atoms with Crippen LogP contribution < -0.4 is 5.56 Å². The number of halogens is 3. The van der Waals surface area contributed by atoms with E-state index in [0.29, 0.717) is 24.4 Å². The van der Waals surface area contributed by atoms with E-state index in [-0.39, 0.29) is 17.1 Å². The molecule has 1 atom stereocenters. The van der Waals surface area contributed by atoms with E-state index in [2.05, 4.69) is 26.9 Å². The molecule has 0 bridgehead atoms. The number of aromatic nitrogens is 3. The Labute approximate surface area is 160 Å². The summed E-state index contributed by atoms with van der Waals surface area (Å²) in [5, 5.41) is 3.00. The van der Waals surface area contributed by atoms with Crippen LogP contribution in [0.1, 0.15) is 28.9 Å². The number of aromatic amines is 1. The number of aryl methyl sites for hydroxylation is 2. The lowest BCUT2D eigenvalue weighted by Gasteiger charge is -2.39. The highest BCUT2D eigenvalue weighted by Crippen LogP contribution is 2.30. The molecule has 2 aromatic rings. The molecule has 2 aliphatic rings. The number of alkyl halides is 3. The highest BCUT2D eigenvalue weighted by Gasteiger charge is 2.33. The van der Waals surface area contributed by atoms with Gasteiger partial charge in [0.05, 0.1) is 5.56 Å². The van der Waals surface area contributed by atoms with Crippen molar-refractivity contribution < 1.29 is 13.2 Å². The fourth-order valence-electron chi connectivity index (χ4n) is 4.17. The highest BCUT2D eigenvalue weighted by atomic mass is 19.4. The zero-order valence-corrected chi connectivity index (χ0v) is 16.0. The molecule has 1 fully saturated rings. The Morgan fingerprint density at radius 1 is 1.18 bits per heavy atom. The zero-order valence-electron chi connectivity index (χ0n) is 16.0. The third kappa shape index (κ3) is 3.60. The van der Waals surface area contributed by atoms with Crippen molar-refractivity contribution >= 4 is 0 Å². The lowest BCUT2D eigenvalue weighted by molar-refractivity contribution is -0.137. The molecule has 0 amide bonds. The van der Waals surface area contributed by atoms with Crippen molar-refractivity contribution in [3.63, 3.8) is 0 Å². The van der Waals surface area contributed by atoms with Gasteiger partial charge in [-0.25, -0.2) is 9.67 Å². The van der Waals surface area contributed by atoms with Crippen molar-refractivity contribution in [1.29, 1.82) is 0 Å². The summed E-state index contributed by atoms with van der Waals surface area (Å²) in [7, 11) is 2.10. The summed E-state index contributed by atoms with van der Waals surface area (Å²) in [5.41, 5.74) is 0.615. The molecule has 1 unspecified atom stereocenters. The van der Waals surface area contributed by atoms with Crippen LogP contribution in [-0.2, 0) is 19.0 Å². The van der Waals surface area contributed by atoms with E-state index in [1.54, 1.807) is 0 Å². The van der Waals surface area contributed by atoms with E-state index < -0.39 is 11.7 Å². The largest absolute Gasteiger partial charge is 0.416 e. The topological polar surface area (TPSA) is 57.2 Å². The van der Waals surface area contributed by atoms with Gasteiger partial charge >= 0.3 is 6.18 Å². The second kappa shape index (κ2) is 7.04. The molecule has 9 heteroatoms. The van der Waals surface area contributed by atoms with Crippen molar-refractivity contribution in [3.8, 4) is 5.82 Å². The van der Waals surface area contributed by atoms with Crippen LogP contribution in [0.4, 0.5) is 13.2 Å². The summed E-state index contributed by atoms with van der Waals surface area (Å²) < 4.78 is 40.6. The van der Waals surface area contributed by atoms with E-state index in [0.717, 1.165) is 50.4 Å². The summed E-state index contributed by atoms with van der Waals surface area (Å²) in [5.74, 6) is -0.0112. The number of nitrogens with one attached hydrogen (secondary N) is 1. The average molecular weight is 395 g/mol. The molecule has 4 rings (SSSR count). The molecule has 6 nitrogen and oxygen atoms in total. The van der Waals surface area contributed by atoms with Gasteiger partial charge in [0.2, 0.25) is 0 Å². The Morgan fingerprint density at radius 2 is 1.89 bits per heavy atom. The van der Waals surface area contributed by atoms with Gasteiger partial charge in [0, 0.05) is 49.2 Å². The van der Waals surface area contributed by atoms with Crippen LogP contribution in [0, 0.1) is 6.92 Å². The van der Waals surface area contributed by atoms with E-state index in [1.165, 1.54) is 11.6 Å². The Morgan fingerprint density at radius 3 is 2.57 bits per heavy atom. The van der Waals surface area contributed by atoms with Crippen LogP contribution >= 0.6 is 0 Å². The molecular weight excluding hydrogens is 371 g/mol. The maximum atomic E-state index is 13.1. The minimum absolute atomic E-state index is 0.0112. The third-order valence-corrected chi connectivity index (χ3v) is 5.79. The first kappa shape index (κ1) is 19.2. The quantitative estimate of drug-likeness (QED) is 0.845. The second-order valence-corrected chi connectivity index (χ2v) is 7.80. The fraction of sp³-hybridized carbons (Fsp3) is 0.579. The first-order valence-corrected chi connectivity index (χ1v) is 9.54. The number of H-pyrrole nitrogens is 1. The summed E-state index contributed by atoms with van der Waals surface area (Å²) in [6, 6.07) is 2.21. The summed E-state index contributed by atoms with van der Waals surface area (Å²) >= 11 is 0. The molecule has 0 aromatic carbocycles. The van der Waals surface area contributed by atoms with Crippen molar-refractivity contribution in [2.45, 2.75) is 38.4 Å². The van der Waals surface area contributed by atoms with Gasteiger partial charge in [-0.05, 0) is 45.4 Å². The SMILES string of the molecule is Cc1cc(C(F)(F)F)cc(-n2[nH]c3c(c2=O)CC(N2CCN(C)CC2)CC3)n1. The standard InChI is InChI=1S/C19H24F3N5O/c1-12-9-13(19(20,21)22)10-17(23-12)27-18(28)15-11-14(3-4-16(15)24-27)26-7-5-25(2)6-8-26/h9-10,14,24H,3-8,11H2,1-2H3. The molecular formula is C19H24F3N5O. The number of fused-ring (bicyclic) bond motifs is 1. The average Bonchev–Trinajstić information content (AvgIpc) is 2.97. The predicted octanol–water partition coefficient (Wildman–Crippen LogP) is 1.99. The predicted molar refractivity (Wildman–Crippen MR) is 98.8 cm³/mol. The first-order valence-electron chi connectivity index (χ1n) is 9.54. The van der Waals surface area contributed by atoms with Gasteiger partial charge in [-0.3, -0.25) is 14.8 Å². The molecule has 0 radical (unpaired) electrons. The third-order valence-electron chi connectivity index (χ3n) is 5.79. The Balaban J connectivity index is 1.63. The van der Waals surface area contributed by atoms with Crippen molar-refractivity contribution in [2.75, 3.05) is 33.2 Å². The fourth-order valence-corrected chi connectivity index (χ4v) is 4.17. The normalized spacial score (nSPS) is 21.7. The number of piperazine rings is 1. The number of pyridine rings is 1. The molecule has 0 spiro atoms. The Hall–Kier alpha value is -2.13. The molecule has 28 heavy (non-hydrogen) atoms. The van der Waals surface area contributed by atoms with Gasteiger partial charge < -0.3 is 4.90 Å². The lowest BCUT2D eigenvalue weighted by atomic mass is 9.92. The lowest BCUT2D eigenvalue weighted by Crippen LogP contribution is -2.50. The smallest absolute Gasteiger partial charge is 0.304 e. The minimum atomic E-state index is -4.48. The highest BCUT2D eigenvalue weighted by molar-refractivity contribution is 5.34. The van der Waals surface area contributed by atoms with Gasteiger partial charge in [0.15, 0.2) is 5.82 Å². The van der Waals surface area contributed by atoms with E-state index in [1.807, 2.05) is 0 Å². The molecule has 0 saturated carbocycles. The summed E-state index contributed by atoms with van der Waals surface area (Å²) in [4.78, 5) is 21.8. The molecule has 1 aliphatic heterocycles. The maximum Gasteiger partial charge on any atom is 0.416 e. The molecule has 2 aromatic heterocycles. The second-order valence-electron chi connectivity index (χ2n) is 7.80. The van der Waals surface area contributed by atoms with Crippen LogP contribution in [0.5, 0.6) is 0 Å². The first-order chi connectivity index (χ1) is 13.2. The Bertz CT molecular complexity index is 925. The zero-order chi connectivity index (χ0) is 20.1. The van der Waals surface area contributed by atoms with Crippen LogP contribution in [0.25, 0.3) is 5.82 Å². The van der Waals surface area contributed by atoms with E-state index in [9.17, 15) is 18.0 Å². The number of nitrogens with zero attached hydrogens (tertiary/aromatic N) is 4. The number of rotatable bonds is 2. The van der Waals surface area contributed by atoms with Crippen molar-refractivity contribution in [1.82, 2.24) is 24.6 Å². The van der Waals surface area contributed by atoms with Crippen molar-refractivity contribution in [2.24, 2.45) is 0 Å². The van der Waals surface area contributed by atoms with E-state index in [4.69, 9.17) is 0 Å². The molecule has 1 N–H and O–H groups in total. The summed E-state index contributed by atoms with van der Waals surface area (Å²) in [6.07, 6.45) is -2.21. The molecule has 1 aliphatic carbocycles. The number of likely N-dealkylation sites (N-methyl/N-ethyl adjacent to an activating group) is 1. The van der Waals surface area contributed by atoms with Gasteiger partial charge in [-0.1, -0.05) is 0 Å². The van der Waals surface area contributed by atoms with Gasteiger partial charge in [0.25, 0.3) is 5.56 Å². The van der Waals surface area contributed by atoms with Crippen LogP contribution in [0.3, 0.4) is 0 Å². The molecule has 1 saturated heterocycles. The van der Waals surface area contributed by atoms with Gasteiger partial charge in [0.1, 0.15) is 0 Å².